The van der Waals surface area contributed by atoms with Gasteiger partial charge in [0.25, 0.3) is 10.0 Å². The second kappa shape index (κ2) is 5.66. The van der Waals surface area contributed by atoms with Crippen molar-refractivity contribution in [3.8, 4) is 0 Å². The SMILES string of the molecule is CC(=O)OCC1=CCCN1S(=O)(=O)c1ccc(C)cc1. The van der Waals surface area contributed by atoms with Crippen molar-refractivity contribution >= 4 is 16.0 Å². The first-order chi connectivity index (χ1) is 9.41. The molecular formula is C14H17NO4S. The van der Waals surface area contributed by atoms with Gasteiger partial charge in [-0.1, -0.05) is 23.8 Å². The van der Waals surface area contributed by atoms with Gasteiger partial charge in [0, 0.05) is 13.5 Å². The summed E-state index contributed by atoms with van der Waals surface area (Å²) in [5.74, 6) is -0.425. The van der Waals surface area contributed by atoms with Crippen LogP contribution in [0.4, 0.5) is 0 Å². The van der Waals surface area contributed by atoms with Gasteiger partial charge in [0.2, 0.25) is 0 Å². The van der Waals surface area contributed by atoms with Gasteiger partial charge >= 0.3 is 5.97 Å². The minimum Gasteiger partial charge on any atom is -0.459 e. The van der Waals surface area contributed by atoms with Gasteiger partial charge in [-0.3, -0.25) is 9.10 Å². The summed E-state index contributed by atoms with van der Waals surface area (Å²) in [6.45, 7) is 3.57. The fourth-order valence-corrected chi connectivity index (χ4v) is 3.53. The van der Waals surface area contributed by atoms with Gasteiger partial charge in [0.1, 0.15) is 6.61 Å². The van der Waals surface area contributed by atoms with E-state index in [1.165, 1.54) is 11.2 Å². The van der Waals surface area contributed by atoms with Crippen molar-refractivity contribution in [2.24, 2.45) is 0 Å². The van der Waals surface area contributed by atoms with E-state index in [9.17, 15) is 13.2 Å². The summed E-state index contributed by atoms with van der Waals surface area (Å²) in [4.78, 5) is 11.1. The van der Waals surface area contributed by atoms with Crippen molar-refractivity contribution in [3.05, 3.63) is 41.6 Å². The maximum Gasteiger partial charge on any atom is 0.303 e. The van der Waals surface area contributed by atoms with E-state index in [0.29, 0.717) is 18.7 Å². The molecule has 0 saturated heterocycles. The first-order valence-electron chi connectivity index (χ1n) is 6.33. The first kappa shape index (κ1) is 14.6. The van der Waals surface area contributed by atoms with E-state index in [2.05, 4.69) is 0 Å². The zero-order valence-corrected chi connectivity index (χ0v) is 12.3. The van der Waals surface area contributed by atoms with E-state index in [0.717, 1.165) is 5.56 Å². The first-order valence-corrected chi connectivity index (χ1v) is 7.77. The number of aryl methyl sites for hydroxylation is 1. The number of sulfonamides is 1. The lowest BCUT2D eigenvalue weighted by atomic mass is 10.2. The van der Waals surface area contributed by atoms with Crippen LogP contribution in [-0.2, 0) is 19.6 Å². The molecule has 0 aliphatic carbocycles. The molecule has 1 aliphatic heterocycles. The highest BCUT2D eigenvalue weighted by Gasteiger charge is 2.29. The van der Waals surface area contributed by atoms with Gasteiger partial charge in [-0.05, 0) is 25.5 Å². The molecule has 0 amide bonds. The number of carbonyl (C=O) groups is 1. The fraction of sp³-hybridized carbons (Fsp3) is 0.357. The lowest BCUT2D eigenvalue weighted by Crippen LogP contribution is -2.30. The molecule has 2 rings (SSSR count). The number of nitrogens with zero attached hydrogens (tertiary/aromatic N) is 1. The molecule has 0 unspecified atom stereocenters. The van der Waals surface area contributed by atoms with Crippen molar-refractivity contribution < 1.29 is 17.9 Å². The molecule has 0 radical (unpaired) electrons. The van der Waals surface area contributed by atoms with Crippen LogP contribution >= 0.6 is 0 Å². The Labute approximate surface area is 118 Å². The molecule has 0 bridgehead atoms. The molecule has 5 nitrogen and oxygen atoms in total. The summed E-state index contributed by atoms with van der Waals surface area (Å²) in [5, 5.41) is 0. The minimum atomic E-state index is -3.58. The third kappa shape index (κ3) is 3.01. The van der Waals surface area contributed by atoms with Gasteiger partial charge in [-0.15, -0.1) is 0 Å². The third-order valence-corrected chi connectivity index (χ3v) is 4.93. The quantitative estimate of drug-likeness (QED) is 0.795. The Bertz CT molecular complexity index is 632. The number of carbonyl (C=O) groups excluding carboxylic acids is 1. The topological polar surface area (TPSA) is 63.7 Å². The predicted molar refractivity (Wildman–Crippen MR) is 74.4 cm³/mol. The van der Waals surface area contributed by atoms with E-state index < -0.39 is 16.0 Å². The van der Waals surface area contributed by atoms with E-state index >= 15 is 0 Å². The Balaban J connectivity index is 2.23. The molecule has 20 heavy (non-hydrogen) atoms. The van der Waals surface area contributed by atoms with Gasteiger partial charge < -0.3 is 4.74 Å². The van der Waals surface area contributed by atoms with Crippen molar-refractivity contribution in [2.75, 3.05) is 13.2 Å². The van der Waals surface area contributed by atoms with Gasteiger partial charge in [-0.25, -0.2) is 8.42 Å². The molecule has 1 heterocycles. The zero-order chi connectivity index (χ0) is 14.8. The largest absolute Gasteiger partial charge is 0.459 e. The van der Waals surface area contributed by atoms with E-state index in [1.807, 2.05) is 6.92 Å². The standard InChI is InChI=1S/C14H17NO4S/c1-11-5-7-14(8-6-11)20(17,18)15-9-3-4-13(15)10-19-12(2)16/h4-8H,3,9-10H2,1-2H3. The van der Waals surface area contributed by atoms with Crippen LogP contribution in [-0.4, -0.2) is 31.8 Å². The summed E-state index contributed by atoms with van der Waals surface area (Å²) >= 11 is 0. The van der Waals surface area contributed by atoms with Gasteiger partial charge in [0.05, 0.1) is 10.6 Å². The fourth-order valence-electron chi connectivity index (χ4n) is 2.01. The highest BCUT2D eigenvalue weighted by Crippen LogP contribution is 2.25. The second-order valence-corrected chi connectivity index (χ2v) is 6.52. The van der Waals surface area contributed by atoms with Crippen molar-refractivity contribution in [1.82, 2.24) is 4.31 Å². The normalized spacial score (nSPS) is 15.1. The molecule has 6 heteroatoms. The highest BCUT2D eigenvalue weighted by atomic mass is 32.2. The van der Waals surface area contributed by atoms with Crippen LogP contribution in [0.15, 0.2) is 40.9 Å². The molecule has 0 N–H and O–H groups in total. The Morgan fingerprint density at radius 2 is 1.95 bits per heavy atom. The summed E-state index contributed by atoms with van der Waals surface area (Å²) < 4.78 is 31.3. The van der Waals surface area contributed by atoms with Crippen LogP contribution in [0, 0.1) is 6.92 Å². The lowest BCUT2D eigenvalue weighted by molar-refractivity contribution is -0.140. The zero-order valence-electron chi connectivity index (χ0n) is 11.5. The number of hydrogen-bond donors (Lipinski definition) is 0. The average Bonchev–Trinajstić information content (AvgIpc) is 2.86. The van der Waals surface area contributed by atoms with Crippen LogP contribution in [0.25, 0.3) is 0 Å². The summed E-state index contributed by atoms with van der Waals surface area (Å²) in [5.41, 5.74) is 1.52. The predicted octanol–water partition coefficient (Wildman–Crippen LogP) is 1.84. The van der Waals surface area contributed by atoms with Crippen LogP contribution in [0.2, 0.25) is 0 Å². The average molecular weight is 295 g/mol. The van der Waals surface area contributed by atoms with Crippen LogP contribution in [0.1, 0.15) is 18.9 Å². The van der Waals surface area contributed by atoms with E-state index in [-0.39, 0.29) is 11.5 Å². The molecule has 108 valence electrons. The Kier molecular flexibility index (Phi) is 4.13. The summed E-state index contributed by atoms with van der Waals surface area (Å²) in [7, 11) is -3.58. The number of esters is 1. The molecule has 1 aromatic carbocycles. The number of rotatable bonds is 4. The lowest BCUT2D eigenvalue weighted by Gasteiger charge is -2.22. The van der Waals surface area contributed by atoms with E-state index in [4.69, 9.17) is 4.74 Å². The molecule has 0 fully saturated rings. The second-order valence-electron chi connectivity index (χ2n) is 4.65. The van der Waals surface area contributed by atoms with E-state index in [1.54, 1.807) is 30.3 Å². The van der Waals surface area contributed by atoms with Crippen LogP contribution in [0.3, 0.4) is 0 Å². The molecule has 0 atom stereocenters. The monoisotopic (exact) mass is 295 g/mol. The molecule has 0 aromatic heterocycles. The summed E-state index contributed by atoms with van der Waals surface area (Å²) in [6.07, 6.45) is 2.41. The molecule has 1 aliphatic rings. The number of ether oxygens (including phenoxy) is 1. The van der Waals surface area contributed by atoms with Crippen molar-refractivity contribution in [2.45, 2.75) is 25.2 Å². The number of hydrogen-bond acceptors (Lipinski definition) is 4. The molecule has 0 saturated carbocycles. The Hall–Kier alpha value is -1.82. The third-order valence-electron chi connectivity index (χ3n) is 3.06. The maximum atomic E-state index is 12.5. The van der Waals surface area contributed by atoms with Gasteiger partial charge in [0.15, 0.2) is 0 Å². The maximum absolute atomic E-state index is 12.5. The number of benzene rings is 1. The highest BCUT2D eigenvalue weighted by molar-refractivity contribution is 7.89. The van der Waals surface area contributed by atoms with Crippen molar-refractivity contribution in [3.63, 3.8) is 0 Å². The molecular weight excluding hydrogens is 278 g/mol. The smallest absolute Gasteiger partial charge is 0.303 e. The summed E-state index contributed by atoms with van der Waals surface area (Å²) in [6, 6.07) is 6.70. The van der Waals surface area contributed by atoms with Crippen molar-refractivity contribution in [1.29, 1.82) is 0 Å². The van der Waals surface area contributed by atoms with Crippen LogP contribution in [0.5, 0.6) is 0 Å². The molecule has 1 aromatic rings. The Morgan fingerprint density at radius 3 is 2.55 bits per heavy atom. The molecule has 0 spiro atoms. The van der Waals surface area contributed by atoms with Crippen LogP contribution < -0.4 is 0 Å². The minimum absolute atomic E-state index is 0.0135. The Morgan fingerprint density at radius 1 is 1.30 bits per heavy atom. The van der Waals surface area contributed by atoms with Gasteiger partial charge in [-0.2, -0.15) is 0 Å².